The van der Waals surface area contributed by atoms with Crippen molar-refractivity contribution >= 4 is 0 Å². The minimum Gasteiger partial charge on any atom is -0.490 e. The number of ether oxygens (including phenoxy) is 1. The van der Waals surface area contributed by atoms with Gasteiger partial charge in [0, 0.05) is 6.61 Å². The second-order valence-electron chi connectivity index (χ2n) is 7.95. The zero-order valence-electron chi connectivity index (χ0n) is 14.6. The van der Waals surface area contributed by atoms with E-state index in [2.05, 4.69) is 31.2 Å². The van der Waals surface area contributed by atoms with Crippen LogP contribution in [0.2, 0.25) is 0 Å². The van der Waals surface area contributed by atoms with E-state index in [1.54, 1.807) is 0 Å². The first kappa shape index (κ1) is 16.8. The summed E-state index contributed by atoms with van der Waals surface area (Å²) in [6, 6.07) is 0. The van der Waals surface area contributed by atoms with Gasteiger partial charge in [0.1, 0.15) is 12.4 Å². The van der Waals surface area contributed by atoms with Gasteiger partial charge in [0.25, 0.3) is 0 Å². The van der Waals surface area contributed by atoms with Gasteiger partial charge in [-0.15, -0.1) is 0 Å². The van der Waals surface area contributed by atoms with Crippen molar-refractivity contribution in [1.29, 1.82) is 0 Å². The van der Waals surface area contributed by atoms with E-state index in [1.165, 1.54) is 56.9 Å². The summed E-state index contributed by atoms with van der Waals surface area (Å²) in [4.78, 5) is 0. The summed E-state index contributed by atoms with van der Waals surface area (Å²) in [5.74, 6) is 1.79. The maximum Gasteiger partial charge on any atom is 0.115 e. The Morgan fingerprint density at radius 1 is 1.22 bits per heavy atom. The smallest absolute Gasteiger partial charge is 0.115 e. The highest BCUT2D eigenvalue weighted by molar-refractivity contribution is 5.20. The van der Waals surface area contributed by atoms with Crippen LogP contribution in [0.15, 0.2) is 35.6 Å². The highest BCUT2D eigenvalue weighted by Gasteiger charge is 2.34. The molecule has 128 valence electrons. The molecule has 1 saturated carbocycles. The molecule has 0 aromatic rings. The molecular formula is C21H32O2. The summed E-state index contributed by atoms with van der Waals surface area (Å²) in [6.45, 7) is 3.12. The van der Waals surface area contributed by atoms with Crippen LogP contribution in [-0.4, -0.2) is 18.3 Å². The Morgan fingerprint density at radius 2 is 2.04 bits per heavy atom. The van der Waals surface area contributed by atoms with Crippen molar-refractivity contribution in [3.63, 3.8) is 0 Å². The molecule has 0 aliphatic heterocycles. The first-order valence-corrected chi connectivity index (χ1v) is 9.51. The normalized spacial score (nSPS) is 28.2. The zero-order valence-corrected chi connectivity index (χ0v) is 14.6. The van der Waals surface area contributed by atoms with Crippen LogP contribution in [0.5, 0.6) is 0 Å². The van der Waals surface area contributed by atoms with Crippen LogP contribution in [0, 0.1) is 17.3 Å². The van der Waals surface area contributed by atoms with Gasteiger partial charge in [-0.25, -0.2) is 0 Å². The van der Waals surface area contributed by atoms with Gasteiger partial charge in [-0.2, -0.15) is 0 Å². The van der Waals surface area contributed by atoms with Crippen molar-refractivity contribution in [2.45, 2.75) is 64.7 Å². The van der Waals surface area contributed by atoms with Crippen LogP contribution < -0.4 is 0 Å². The SMILES string of the molecule is CC(CO)C1C=CC(OCC2=CCCC3(CCCCC3)C2)=CC1. The molecule has 0 aromatic carbocycles. The molecule has 3 aliphatic rings. The van der Waals surface area contributed by atoms with Crippen LogP contribution in [0.25, 0.3) is 0 Å². The first-order chi connectivity index (χ1) is 11.2. The molecule has 2 unspecified atom stereocenters. The molecule has 3 rings (SSSR count). The van der Waals surface area contributed by atoms with E-state index in [0.717, 1.165) is 18.8 Å². The molecule has 1 spiro atoms. The van der Waals surface area contributed by atoms with Gasteiger partial charge >= 0.3 is 0 Å². The largest absolute Gasteiger partial charge is 0.490 e. The van der Waals surface area contributed by atoms with Gasteiger partial charge in [-0.3, -0.25) is 0 Å². The van der Waals surface area contributed by atoms with Crippen molar-refractivity contribution in [1.82, 2.24) is 0 Å². The maximum atomic E-state index is 9.25. The molecule has 1 fully saturated rings. The molecule has 0 aromatic heterocycles. The van der Waals surface area contributed by atoms with Crippen LogP contribution in [-0.2, 0) is 4.74 Å². The summed E-state index contributed by atoms with van der Waals surface area (Å²) in [5.41, 5.74) is 2.11. The minimum atomic E-state index is 0.258. The van der Waals surface area contributed by atoms with Gasteiger partial charge in [0.15, 0.2) is 0 Å². The van der Waals surface area contributed by atoms with Crippen molar-refractivity contribution in [2.24, 2.45) is 17.3 Å². The molecule has 2 atom stereocenters. The lowest BCUT2D eigenvalue weighted by atomic mass is 9.65. The van der Waals surface area contributed by atoms with E-state index in [0.29, 0.717) is 17.3 Å². The molecule has 0 bridgehead atoms. The third kappa shape index (κ3) is 4.29. The quantitative estimate of drug-likeness (QED) is 0.711. The highest BCUT2D eigenvalue weighted by Crippen LogP contribution is 2.47. The molecule has 3 aliphatic carbocycles. The number of hydrogen-bond acceptors (Lipinski definition) is 2. The summed E-state index contributed by atoms with van der Waals surface area (Å²) >= 11 is 0. The molecule has 0 amide bonds. The summed E-state index contributed by atoms with van der Waals surface area (Å²) in [7, 11) is 0. The van der Waals surface area contributed by atoms with Crippen LogP contribution in [0.1, 0.15) is 64.7 Å². The lowest BCUT2D eigenvalue weighted by Gasteiger charge is -2.40. The average molecular weight is 316 g/mol. The zero-order chi connectivity index (χ0) is 16.1. The average Bonchev–Trinajstić information content (AvgIpc) is 2.60. The van der Waals surface area contributed by atoms with Gasteiger partial charge in [0.2, 0.25) is 0 Å². The maximum absolute atomic E-state index is 9.25. The number of aliphatic hydroxyl groups excluding tert-OH is 1. The Labute approximate surface area is 141 Å². The van der Waals surface area contributed by atoms with Crippen LogP contribution in [0.4, 0.5) is 0 Å². The highest BCUT2D eigenvalue weighted by atomic mass is 16.5. The molecular weight excluding hydrogens is 284 g/mol. The molecule has 2 nitrogen and oxygen atoms in total. The second-order valence-corrected chi connectivity index (χ2v) is 7.95. The third-order valence-electron chi connectivity index (χ3n) is 6.17. The Kier molecular flexibility index (Phi) is 5.63. The van der Waals surface area contributed by atoms with E-state index in [9.17, 15) is 5.11 Å². The fourth-order valence-corrected chi connectivity index (χ4v) is 4.52. The molecule has 23 heavy (non-hydrogen) atoms. The fraction of sp³-hybridized carbons (Fsp3) is 0.714. The van der Waals surface area contributed by atoms with Gasteiger partial charge < -0.3 is 9.84 Å². The van der Waals surface area contributed by atoms with E-state index >= 15 is 0 Å². The Morgan fingerprint density at radius 3 is 2.74 bits per heavy atom. The van der Waals surface area contributed by atoms with E-state index < -0.39 is 0 Å². The van der Waals surface area contributed by atoms with Gasteiger partial charge in [-0.05, 0) is 73.5 Å². The molecule has 0 saturated heterocycles. The van der Waals surface area contributed by atoms with Crippen LogP contribution >= 0.6 is 0 Å². The van der Waals surface area contributed by atoms with E-state index in [-0.39, 0.29) is 6.61 Å². The van der Waals surface area contributed by atoms with Crippen LogP contribution in [0.3, 0.4) is 0 Å². The van der Waals surface area contributed by atoms with Crippen molar-refractivity contribution in [3.05, 3.63) is 35.6 Å². The lowest BCUT2D eigenvalue weighted by molar-refractivity contribution is 0.150. The van der Waals surface area contributed by atoms with Gasteiger partial charge in [-0.1, -0.05) is 38.3 Å². The predicted octanol–water partition coefficient (Wildman–Crippen LogP) is 5.15. The first-order valence-electron chi connectivity index (χ1n) is 9.51. The third-order valence-corrected chi connectivity index (χ3v) is 6.17. The molecule has 1 N–H and O–H groups in total. The number of hydrogen-bond donors (Lipinski definition) is 1. The monoisotopic (exact) mass is 316 g/mol. The molecule has 2 heteroatoms. The fourth-order valence-electron chi connectivity index (χ4n) is 4.52. The van der Waals surface area contributed by atoms with Crippen molar-refractivity contribution < 1.29 is 9.84 Å². The standard InChI is InChI=1S/C21H32O2/c1-17(15-22)19-7-9-20(10-8-19)23-16-18-6-5-13-21(14-18)11-3-2-4-12-21/h6-7,9-10,17,19,22H,2-5,8,11-16H2,1H3. The number of allylic oxidation sites excluding steroid dienone is 4. The van der Waals surface area contributed by atoms with E-state index in [1.807, 2.05) is 0 Å². The van der Waals surface area contributed by atoms with Crippen molar-refractivity contribution in [2.75, 3.05) is 13.2 Å². The molecule has 0 heterocycles. The lowest BCUT2D eigenvalue weighted by Crippen LogP contribution is -2.27. The minimum absolute atomic E-state index is 0.258. The Bertz CT molecular complexity index is 480. The molecule has 0 radical (unpaired) electrons. The number of rotatable bonds is 5. The Balaban J connectivity index is 1.48. The van der Waals surface area contributed by atoms with E-state index in [4.69, 9.17) is 4.74 Å². The summed E-state index contributed by atoms with van der Waals surface area (Å²) in [5, 5.41) is 9.25. The summed E-state index contributed by atoms with van der Waals surface area (Å²) in [6.07, 6.45) is 20.9. The summed E-state index contributed by atoms with van der Waals surface area (Å²) < 4.78 is 6.06. The van der Waals surface area contributed by atoms with Gasteiger partial charge in [0.05, 0.1) is 0 Å². The second kappa shape index (κ2) is 7.70. The predicted molar refractivity (Wildman–Crippen MR) is 95.0 cm³/mol. The Hall–Kier alpha value is -1.02. The topological polar surface area (TPSA) is 29.5 Å². The van der Waals surface area contributed by atoms with Crippen molar-refractivity contribution in [3.8, 4) is 0 Å². The number of aliphatic hydroxyl groups is 1.